The van der Waals surface area contributed by atoms with Gasteiger partial charge in [-0.3, -0.25) is 4.90 Å². The molecule has 2 aliphatic rings. The lowest BCUT2D eigenvalue weighted by Crippen LogP contribution is -2.43. The molecule has 2 aliphatic heterocycles. The highest BCUT2D eigenvalue weighted by Gasteiger charge is 2.34. The lowest BCUT2D eigenvalue weighted by Gasteiger charge is -2.24. The molecule has 1 aromatic rings. The molecule has 2 N–H and O–H groups in total. The molecule has 0 aromatic heterocycles. The molecule has 0 aliphatic carbocycles. The number of benzene rings is 1. The third-order valence-electron chi connectivity index (χ3n) is 4.84. The van der Waals surface area contributed by atoms with Gasteiger partial charge in [0.2, 0.25) is 0 Å². The average Bonchev–Trinajstić information content (AvgIpc) is 2.95. The minimum atomic E-state index is -0.823. The molecule has 32 heavy (non-hydrogen) atoms. The summed E-state index contributed by atoms with van der Waals surface area (Å²) in [6.45, 7) is 1.21. The average molecular weight is 476 g/mol. The van der Waals surface area contributed by atoms with Crippen LogP contribution in [0.3, 0.4) is 0 Å². The summed E-state index contributed by atoms with van der Waals surface area (Å²) in [7, 11) is 2.66. The second-order valence-electron chi connectivity index (χ2n) is 6.76. The molecule has 10 nitrogen and oxygen atoms in total. The Bertz CT molecular complexity index is 838. The van der Waals surface area contributed by atoms with Crippen LogP contribution < -0.4 is 20.5 Å². The molecule has 13 heteroatoms. The predicted octanol–water partition coefficient (Wildman–Crippen LogP) is 1.84. The number of rotatable bonds is 4. The number of carbonyl (C=O) groups excluding carboxylic acids is 2. The van der Waals surface area contributed by atoms with Crippen molar-refractivity contribution in [1.82, 2.24) is 15.8 Å². The topological polar surface area (TPSA) is 95.6 Å². The van der Waals surface area contributed by atoms with E-state index < -0.39 is 29.9 Å². The smallest absolute Gasteiger partial charge is 0.424 e. The first-order valence-electron chi connectivity index (χ1n) is 9.47. The maximum Gasteiger partial charge on any atom is 0.424 e. The number of halogens is 2. The van der Waals surface area contributed by atoms with Gasteiger partial charge < -0.3 is 24.4 Å². The molecular weight excluding hydrogens is 448 g/mol. The number of cyclic esters (lactones) is 1. The summed E-state index contributed by atoms with van der Waals surface area (Å²) in [5, 5.41) is 4.16. The summed E-state index contributed by atoms with van der Waals surface area (Å²) in [6.07, 6.45) is -1.86. The van der Waals surface area contributed by atoms with Crippen molar-refractivity contribution in [2.45, 2.75) is 13.5 Å². The van der Waals surface area contributed by atoms with E-state index in [0.717, 1.165) is 17.0 Å². The summed E-state index contributed by atoms with van der Waals surface area (Å²) in [5.74, 6) is -1.65. The zero-order chi connectivity index (χ0) is 22.5. The Hall–Kier alpha value is -2.93. The Morgan fingerprint density at radius 3 is 2.56 bits per heavy atom. The minimum absolute atomic E-state index is 0. The molecule has 3 rings (SSSR count). The van der Waals surface area contributed by atoms with Gasteiger partial charge in [0.25, 0.3) is 5.17 Å². The van der Waals surface area contributed by atoms with Crippen LogP contribution in [0, 0.1) is 11.6 Å². The van der Waals surface area contributed by atoms with Gasteiger partial charge in [0.1, 0.15) is 11.8 Å². The SMILES string of the molecule is C.COC(=O)N1CCN(c2c(F)cc(N3C[C@H](CNC(=S)OC)OC3=O)cc2F)CCN1. The van der Waals surface area contributed by atoms with Gasteiger partial charge in [-0.25, -0.2) is 28.8 Å². The van der Waals surface area contributed by atoms with E-state index in [1.807, 2.05) is 0 Å². The van der Waals surface area contributed by atoms with Crippen molar-refractivity contribution in [3.8, 4) is 0 Å². The molecule has 2 fully saturated rings. The molecule has 0 saturated carbocycles. The van der Waals surface area contributed by atoms with Gasteiger partial charge in [-0.15, -0.1) is 0 Å². The second kappa shape index (κ2) is 11.1. The Morgan fingerprint density at radius 2 is 1.94 bits per heavy atom. The Morgan fingerprint density at radius 1 is 1.25 bits per heavy atom. The summed E-state index contributed by atoms with van der Waals surface area (Å²) < 4.78 is 44.5. The number of thiocarbonyl (C=S) groups is 1. The normalized spacial score (nSPS) is 18.4. The predicted molar refractivity (Wildman–Crippen MR) is 118 cm³/mol. The zero-order valence-electron chi connectivity index (χ0n) is 17.0. The van der Waals surface area contributed by atoms with Crippen LogP contribution in [0.2, 0.25) is 0 Å². The zero-order valence-corrected chi connectivity index (χ0v) is 17.8. The Kier molecular flexibility index (Phi) is 8.78. The summed E-state index contributed by atoms with van der Waals surface area (Å²) in [6, 6.07) is 2.18. The third kappa shape index (κ3) is 5.65. The summed E-state index contributed by atoms with van der Waals surface area (Å²) in [5.41, 5.74) is 2.66. The fourth-order valence-electron chi connectivity index (χ4n) is 3.34. The molecule has 0 radical (unpaired) electrons. The Balaban J connectivity index is 0.00000363. The van der Waals surface area contributed by atoms with Crippen molar-refractivity contribution in [2.75, 3.05) is 63.3 Å². The maximum atomic E-state index is 14.9. The van der Waals surface area contributed by atoms with Gasteiger partial charge in [0, 0.05) is 31.8 Å². The van der Waals surface area contributed by atoms with Gasteiger partial charge in [-0.2, -0.15) is 0 Å². The van der Waals surface area contributed by atoms with Crippen LogP contribution in [0.15, 0.2) is 12.1 Å². The highest BCUT2D eigenvalue weighted by atomic mass is 32.1. The maximum absolute atomic E-state index is 14.9. The van der Waals surface area contributed by atoms with E-state index in [0.29, 0.717) is 0 Å². The van der Waals surface area contributed by atoms with Crippen molar-refractivity contribution < 1.29 is 32.6 Å². The lowest BCUT2D eigenvalue weighted by molar-refractivity contribution is 0.106. The fraction of sp³-hybridized carbons (Fsp3) is 0.526. The van der Waals surface area contributed by atoms with Crippen LogP contribution in [0.5, 0.6) is 0 Å². The van der Waals surface area contributed by atoms with E-state index in [-0.39, 0.29) is 63.2 Å². The minimum Gasteiger partial charge on any atom is -0.474 e. The molecule has 2 saturated heterocycles. The number of hydrogen-bond acceptors (Lipinski definition) is 8. The van der Waals surface area contributed by atoms with E-state index >= 15 is 0 Å². The molecule has 0 bridgehead atoms. The van der Waals surface area contributed by atoms with Gasteiger partial charge in [0.15, 0.2) is 11.6 Å². The largest absolute Gasteiger partial charge is 0.474 e. The second-order valence-corrected chi connectivity index (χ2v) is 7.13. The number of nitrogens with zero attached hydrogens (tertiary/aromatic N) is 3. The van der Waals surface area contributed by atoms with Crippen LogP contribution in [0.4, 0.5) is 29.7 Å². The third-order valence-corrected chi connectivity index (χ3v) is 5.15. The van der Waals surface area contributed by atoms with Crippen molar-refractivity contribution >= 4 is 41.0 Å². The number of carbonyl (C=O) groups is 2. The highest BCUT2D eigenvalue weighted by Crippen LogP contribution is 2.31. The van der Waals surface area contributed by atoms with E-state index in [1.54, 1.807) is 0 Å². The van der Waals surface area contributed by atoms with Crippen molar-refractivity contribution in [1.29, 1.82) is 0 Å². The van der Waals surface area contributed by atoms with Gasteiger partial charge in [-0.05, 0) is 12.2 Å². The number of anilines is 2. The molecule has 2 amide bonds. The summed E-state index contributed by atoms with van der Waals surface area (Å²) in [4.78, 5) is 26.5. The number of nitrogens with one attached hydrogen (secondary N) is 2. The Labute approximate surface area is 190 Å². The van der Waals surface area contributed by atoms with Crippen LogP contribution in [0.25, 0.3) is 0 Å². The van der Waals surface area contributed by atoms with E-state index in [2.05, 4.69) is 15.5 Å². The first-order chi connectivity index (χ1) is 14.8. The number of amides is 2. The molecule has 1 aromatic carbocycles. The molecule has 0 spiro atoms. The van der Waals surface area contributed by atoms with Crippen molar-refractivity contribution in [3.05, 3.63) is 23.8 Å². The first kappa shape index (κ1) is 25.3. The molecule has 0 unspecified atom stereocenters. The fourth-order valence-corrected chi connectivity index (χ4v) is 3.42. The monoisotopic (exact) mass is 475 g/mol. The summed E-state index contributed by atoms with van der Waals surface area (Å²) >= 11 is 4.87. The molecular formula is C19H27F2N5O5S. The molecule has 178 valence electrons. The number of methoxy groups -OCH3 is 2. The number of ether oxygens (including phenoxy) is 3. The van der Waals surface area contributed by atoms with E-state index in [9.17, 15) is 18.4 Å². The van der Waals surface area contributed by atoms with E-state index in [4.69, 9.17) is 21.7 Å². The lowest BCUT2D eigenvalue weighted by atomic mass is 10.2. The van der Waals surface area contributed by atoms with Crippen LogP contribution in [-0.2, 0) is 14.2 Å². The molecule has 1 atom stereocenters. The quantitative estimate of drug-likeness (QED) is 0.633. The first-order valence-corrected chi connectivity index (χ1v) is 9.87. The van der Waals surface area contributed by atoms with Crippen LogP contribution >= 0.6 is 12.2 Å². The number of hydrogen-bond donors (Lipinski definition) is 2. The molecule has 2 heterocycles. The van der Waals surface area contributed by atoms with E-state index in [1.165, 1.54) is 24.1 Å². The van der Waals surface area contributed by atoms with Crippen LogP contribution in [-0.4, -0.2) is 82.0 Å². The van der Waals surface area contributed by atoms with Gasteiger partial charge in [-0.1, -0.05) is 7.43 Å². The van der Waals surface area contributed by atoms with Crippen molar-refractivity contribution in [2.24, 2.45) is 0 Å². The van der Waals surface area contributed by atoms with Gasteiger partial charge in [0.05, 0.1) is 39.5 Å². The standard InChI is InChI=1S/C18H23F2N5O5S.CH4/c1-28-16(31)21-9-12-10-24(17(26)30-12)11-7-13(19)15(14(20)8-11)23-4-3-22-25(6-5-23)18(27)29-2;/h7-8,12,22H,3-6,9-10H2,1-2H3,(H,21,31);1H4/t12-;/m0./s1. The highest BCUT2D eigenvalue weighted by molar-refractivity contribution is 7.80. The van der Waals surface area contributed by atoms with Crippen LogP contribution in [0.1, 0.15) is 7.43 Å². The number of hydrazine groups is 1. The van der Waals surface area contributed by atoms with Crippen molar-refractivity contribution in [3.63, 3.8) is 0 Å². The van der Waals surface area contributed by atoms with Gasteiger partial charge >= 0.3 is 12.2 Å².